The molecule has 0 aromatic rings. The maximum atomic E-state index is 10.8. The SMILES string of the molecule is CC1=CC2CC(C3OCC(C=O)O3)C1CC2C(C)C. The number of rotatable bonds is 3. The molecule has 0 aromatic carbocycles. The highest BCUT2D eigenvalue weighted by Crippen LogP contribution is 2.51. The van der Waals surface area contributed by atoms with E-state index in [1.54, 1.807) is 0 Å². The molecule has 0 amide bonds. The zero-order chi connectivity index (χ0) is 13.6. The molecule has 2 bridgehead atoms. The van der Waals surface area contributed by atoms with Crippen LogP contribution < -0.4 is 0 Å². The second-order valence-corrected chi connectivity index (χ2v) is 6.74. The van der Waals surface area contributed by atoms with Gasteiger partial charge in [-0.15, -0.1) is 0 Å². The van der Waals surface area contributed by atoms with E-state index >= 15 is 0 Å². The maximum absolute atomic E-state index is 10.8. The van der Waals surface area contributed by atoms with Crippen LogP contribution in [0.15, 0.2) is 11.6 Å². The predicted molar refractivity (Wildman–Crippen MR) is 72.5 cm³/mol. The third-order valence-electron chi connectivity index (χ3n) is 5.29. The van der Waals surface area contributed by atoms with Crippen molar-refractivity contribution in [2.45, 2.75) is 46.0 Å². The Morgan fingerprint density at radius 2 is 2.16 bits per heavy atom. The summed E-state index contributed by atoms with van der Waals surface area (Å²) in [5.74, 6) is 3.22. The Hall–Kier alpha value is -0.670. The molecule has 4 rings (SSSR count). The minimum absolute atomic E-state index is 0.167. The fourth-order valence-electron chi connectivity index (χ4n) is 4.28. The highest BCUT2D eigenvalue weighted by Gasteiger charge is 2.47. The van der Waals surface area contributed by atoms with Gasteiger partial charge in [0.1, 0.15) is 6.10 Å². The van der Waals surface area contributed by atoms with Crippen molar-refractivity contribution in [3.05, 3.63) is 11.6 Å². The molecule has 3 nitrogen and oxygen atoms in total. The first-order chi connectivity index (χ1) is 9.10. The lowest BCUT2D eigenvalue weighted by atomic mass is 9.58. The van der Waals surface area contributed by atoms with Crippen molar-refractivity contribution in [3.8, 4) is 0 Å². The molecule has 106 valence electrons. The highest BCUT2D eigenvalue weighted by molar-refractivity contribution is 5.56. The maximum Gasteiger partial charge on any atom is 0.162 e. The van der Waals surface area contributed by atoms with Gasteiger partial charge in [-0.1, -0.05) is 25.5 Å². The Morgan fingerprint density at radius 1 is 1.37 bits per heavy atom. The first-order valence-electron chi connectivity index (χ1n) is 7.50. The Balaban J connectivity index is 1.74. The van der Waals surface area contributed by atoms with E-state index in [0.717, 1.165) is 24.5 Å². The van der Waals surface area contributed by atoms with Crippen LogP contribution in [-0.2, 0) is 14.3 Å². The molecule has 0 spiro atoms. The van der Waals surface area contributed by atoms with Gasteiger partial charge >= 0.3 is 0 Å². The number of fused-ring (bicyclic) bond motifs is 2. The summed E-state index contributed by atoms with van der Waals surface area (Å²) in [5, 5.41) is 0. The first kappa shape index (κ1) is 13.3. The summed E-state index contributed by atoms with van der Waals surface area (Å²) in [6, 6.07) is 0. The van der Waals surface area contributed by atoms with Gasteiger partial charge in [0, 0.05) is 5.92 Å². The van der Waals surface area contributed by atoms with E-state index in [-0.39, 0.29) is 12.4 Å². The van der Waals surface area contributed by atoms with Gasteiger partial charge in [-0.05, 0) is 43.4 Å². The first-order valence-corrected chi connectivity index (χ1v) is 7.50. The summed E-state index contributed by atoms with van der Waals surface area (Å²) in [6.07, 6.45) is 5.23. The van der Waals surface area contributed by atoms with Crippen LogP contribution in [0.1, 0.15) is 33.6 Å². The number of hydrogen-bond acceptors (Lipinski definition) is 3. The average Bonchev–Trinajstić information content (AvgIpc) is 2.86. The molecular weight excluding hydrogens is 240 g/mol. The van der Waals surface area contributed by atoms with E-state index in [2.05, 4.69) is 26.8 Å². The fraction of sp³-hybridized carbons (Fsp3) is 0.812. The molecular formula is C16H24O3. The fourth-order valence-corrected chi connectivity index (χ4v) is 4.28. The summed E-state index contributed by atoms with van der Waals surface area (Å²) in [6.45, 7) is 7.33. The molecule has 6 unspecified atom stereocenters. The number of ether oxygens (including phenoxy) is 2. The Bertz CT molecular complexity index is 387. The smallest absolute Gasteiger partial charge is 0.162 e. The van der Waals surface area contributed by atoms with Crippen LogP contribution in [0.2, 0.25) is 0 Å². The van der Waals surface area contributed by atoms with E-state index in [4.69, 9.17) is 9.47 Å². The molecule has 19 heavy (non-hydrogen) atoms. The summed E-state index contributed by atoms with van der Waals surface area (Å²) in [7, 11) is 0. The van der Waals surface area contributed by atoms with E-state index in [9.17, 15) is 4.79 Å². The molecule has 3 aliphatic carbocycles. The van der Waals surface area contributed by atoms with Crippen LogP contribution in [0, 0.1) is 29.6 Å². The van der Waals surface area contributed by atoms with Gasteiger partial charge in [-0.2, -0.15) is 0 Å². The molecule has 1 aliphatic heterocycles. The highest BCUT2D eigenvalue weighted by atomic mass is 16.7. The van der Waals surface area contributed by atoms with E-state index < -0.39 is 0 Å². The topological polar surface area (TPSA) is 35.5 Å². The van der Waals surface area contributed by atoms with Crippen molar-refractivity contribution >= 4 is 6.29 Å². The van der Waals surface area contributed by atoms with Crippen LogP contribution in [0.4, 0.5) is 0 Å². The Labute approximate surface area is 115 Å². The molecule has 3 heteroatoms. The summed E-state index contributed by atoms with van der Waals surface area (Å²) in [4.78, 5) is 10.8. The normalized spacial score (nSPS) is 45.6. The minimum Gasteiger partial charge on any atom is -0.349 e. The molecule has 0 radical (unpaired) electrons. The lowest BCUT2D eigenvalue weighted by molar-refractivity contribution is -0.138. The van der Waals surface area contributed by atoms with Crippen molar-refractivity contribution in [2.24, 2.45) is 29.6 Å². The van der Waals surface area contributed by atoms with Gasteiger partial charge < -0.3 is 14.3 Å². The van der Waals surface area contributed by atoms with Gasteiger partial charge in [0.05, 0.1) is 6.61 Å². The summed E-state index contributed by atoms with van der Waals surface area (Å²) >= 11 is 0. The number of aldehydes is 1. The zero-order valence-electron chi connectivity index (χ0n) is 12.0. The van der Waals surface area contributed by atoms with Gasteiger partial charge in [0.15, 0.2) is 12.6 Å². The van der Waals surface area contributed by atoms with Crippen molar-refractivity contribution < 1.29 is 14.3 Å². The van der Waals surface area contributed by atoms with Gasteiger partial charge in [-0.25, -0.2) is 0 Å². The summed E-state index contributed by atoms with van der Waals surface area (Å²) in [5.41, 5.74) is 1.50. The van der Waals surface area contributed by atoms with Crippen molar-refractivity contribution in [2.75, 3.05) is 6.61 Å². The molecule has 1 saturated heterocycles. The molecule has 1 saturated carbocycles. The third kappa shape index (κ3) is 2.27. The molecule has 1 heterocycles. The van der Waals surface area contributed by atoms with Crippen LogP contribution >= 0.6 is 0 Å². The number of carbonyl (C=O) groups is 1. The van der Waals surface area contributed by atoms with E-state index in [1.807, 2.05) is 0 Å². The predicted octanol–water partition coefficient (Wildman–Crippen LogP) is 2.80. The number of hydrogen-bond donors (Lipinski definition) is 0. The standard InChI is InChI=1S/C16H24O3/c1-9(2)13-6-14-10(3)4-11(13)5-15(14)16-18-8-12(7-17)19-16/h4,7,9,11-16H,5-6,8H2,1-3H3. The van der Waals surface area contributed by atoms with E-state index in [1.165, 1.54) is 12.0 Å². The van der Waals surface area contributed by atoms with Crippen LogP contribution in [0.3, 0.4) is 0 Å². The van der Waals surface area contributed by atoms with Crippen molar-refractivity contribution in [1.82, 2.24) is 0 Å². The molecule has 6 atom stereocenters. The molecule has 4 aliphatic rings. The minimum atomic E-state index is -0.351. The molecule has 2 fully saturated rings. The third-order valence-corrected chi connectivity index (χ3v) is 5.29. The Kier molecular flexibility index (Phi) is 3.52. The quantitative estimate of drug-likeness (QED) is 0.581. The van der Waals surface area contributed by atoms with E-state index in [0.29, 0.717) is 24.4 Å². The van der Waals surface area contributed by atoms with Crippen LogP contribution in [-0.4, -0.2) is 25.3 Å². The number of carbonyl (C=O) groups excluding carboxylic acids is 1. The van der Waals surface area contributed by atoms with Crippen LogP contribution in [0.25, 0.3) is 0 Å². The Morgan fingerprint density at radius 3 is 2.74 bits per heavy atom. The molecule has 0 N–H and O–H groups in total. The largest absolute Gasteiger partial charge is 0.349 e. The van der Waals surface area contributed by atoms with Crippen LogP contribution in [0.5, 0.6) is 0 Å². The van der Waals surface area contributed by atoms with Crippen molar-refractivity contribution in [3.63, 3.8) is 0 Å². The second kappa shape index (κ2) is 5.02. The van der Waals surface area contributed by atoms with Gasteiger partial charge in [0.25, 0.3) is 0 Å². The number of allylic oxidation sites excluding steroid dienone is 2. The lowest BCUT2D eigenvalue weighted by Crippen LogP contribution is -2.43. The lowest BCUT2D eigenvalue weighted by Gasteiger charge is -2.48. The zero-order valence-corrected chi connectivity index (χ0v) is 12.0. The van der Waals surface area contributed by atoms with Gasteiger partial charge in [-0.3, -0.25) is 0 Å². The monoisotopic (exact) mass is 264 g/mol. The molecule has 0 aromatic heterocycles. The second-order valence-electron chi connectivity index (χ2n) is 6.74. The summed E-state index contributed by atoms with van der Waals surface area (Å²) < 4.78 is 11.4. The van der Waals surface area contributed by atoms with Gasteiger partial charge in [0.2, 0.25) is 0 Å². The average molecular weight is 264 g/mol. The van der Waals surface area contributed by atoms with Crippen molar-refractivity contribution in [1.29, 1.82) is 0 Å².